The van der Waals surface area contributed by atoms with E-state index in [0.29, 0.717) is 0 Å². The summed E-state index contributed by atoms with van der Waals surface area (Å²) in [5.74, 6) is 0. The highest BCUT2D eigenvalue weighted by atomic mass is 16.3. The van der Waals surface area contributed by atoms with Gasteiger partial charge in [-0.05, 0) is 111 Å². The third-order valence-electron chi connectivity index (χ3n) is 13.4. The van der Waals surface area contributed by atoms with Crippen LogP contribution in [0.15, 0.2) is 259 Å². The lowest BCUT2D eigenvalue weighted by Crippen LogP contribution is -2.10. The monoisotopic (exact) mass is 854 g/mol. The highest BCUT2D eigenvalue weighted by Crippen LogP contribution is 2.43. The predicted octanol–water partition coefficient (Wildman–Crippen LogP) is 18.0. The highest BCUT2D eigenvalue weighted by Gasteiger charge is 2.19. The fraction of sp³-hybridized carbons (Fsp3) is 0. The van der Waals surface area contributed by atoms with Crippen LogP contribution < -0.4 is 4.90 Å². The average Bonchev–Trinajstić information content (AvgIpc) is 3.96. The summed E-state index contributed by atoms with van der Waals surface area (Å²) in [7, 11) is 0. The summed E-state index contributed by atoms with van der Waals surface area (Å²) in [5, 5.41) is 7.21. The Bertz CT molecular complexity index is 3920. The van der Waals surface area contributed by atoms with Crippen molar-refractivity contribution < 1.29 is 4.42 Å². The number of anilines is 3. The lowest BCUT2D eigenvalue weighted by molar-refractivity contribution is 0.671. The first-order chi connectivity index (χ1) is 33.2. The minimum absolute atomic E-state index is 0.895. The van der Waals surface area contributed by atoms with Crippen molar-refractivity contribution in [3.05, 3.63) is 255 Å². The molecule has 13 rings (SSSR count). The van der Waals surface area contributed by atoms with Crippen molar-refractivity contribution in [2.24, 2.45) is 0 Å². The van der Waals surface area contributed by atoms with E-state index in [4.69, 9.17) is 4.42 Å². The Morgan fingerprint density at radius 1 is 0.284 bits per heavy atom. The number of aromatic nitrogens is 1. The van der Waals surface area contributed by atoms with Crippen LogP contribution in [0.25, 0.3) is 105 Å². The molecule has 2 aromatic heterocycles. The quantitative estimate of drug-likeness (QED) is 0.152. The Hall–Kier alpha value is -8.92. The zero-order valence-corrected chi connectivity index (χ0v) is 36.6. The number of para-hydroxylation sites is 4. The zero-order chi connectivity index (χ0) is 44.3. The van der Waals surface area contributed by atoms with E-state index in [0.717, 1.165) is 83.6 Å². The summed E-state index contributed by atoms with van der Waals surface area (Å²) in [4.78, 5) is 2.36. The molecular formula is C64H42N2O. The van der Waals surface area contributed by atoms with Crippen molar-refractivity contribution in [2.75, 3.05) is 4.90 Å². The van der Waals surface area contributed by atoms with E-state index in [1.807, 2.05) is 0 Å². The molecule has 0 spiro atoms. The largest absolute Gasteiger partial charge is 0.455 e. The third kappa shape index (κ3) is 6.67. The Morgan fingerprint density at radius 3 is 1.43 bits per heavy atom. The molecule has 0 unspecified atom stereocenters. The molecule has 2 heterocycles. The van der Waals surface area contributed by atoms with Crippen molar-refractivity contribution in [1.29, 1.82) is 0 Å². The van der Waals surface area contributed by atoms with Crippen LogP contribution in [0.1, 0.15) is 0 Å². The number of rotatable bonds is 8. The zero-order valence-electron chi connectivity index (χ0n) is 36.6. The Labute approximate surface area is 388 Å². The SMILES string of the molecule is c1ccc(-c2cccc3c2oc2c(-c4ccc(N(c5ccc(-c6cccc(-n7c8ccccc8c8ccccc87)c6)cc5)c5cccc(-c6ccc7ccccc7c6)c5)cc4)cccc23)cc1. The molecule has 314 valence electrons. The molecular weight excluding hydrogens is 813 g/mol. The molecule has 3 nitrogen and oxygen atoms in total. The van der Waals surface area contributed by atoms with Gasteiger partial charge in [0.1, 0.15) is 11.2 Å². The maximum absolute atomic E-state index is 6.82. The van der Waals surface area contributed by atoms with E-state index in [1.54, 1.807) is 0 Å². The van der Waals surface area contributed by atoms with Gasteiger partial charge in [0, 0.05) is 55.4 Å². The normalized spacial score (nSPS) is 11.6. The van der Waals surface area contributed by atoms with Gasteiger partial charge in [-0.1, -0.05) is 188 Å². The lowest BCUT2D eigenvalue weighted by atomic mass is 9.99. The fourth-order valence-corrected chi connectivity index (χ4v) is 10.2. The van der Waals surface area contributed by atoms with Crippen LogP contribution in [0, 0.1) is 0 Å². The van der Waals surface area contributed by atoms with Gasteiger partial charge in [0.15, 0.2) is 0 Å². The maximum Gasteiger partial charge on any atom is 0.143 e. The van der Waals surface area contributed by atoms with Crippen LogP contribution >= 0.6 is 0 Å². The van der Waals surface area contributed by atoms with E-state index in [9.17, 15) is 0 Å². The van der Waals surface area contributed by atoms with Gasteiger partial charge in [-0.15, -0.1) is 0 Å². The Kier molecular flexibility index (Phi) is 9.17. The van der Waals surface area contributed by atoms with Crippen LogP contribution in [-0.2, 0) is 0 Å². The second kappa shape index (κ2) is 16.0. The van der Waals surface area contributed by atoms with Crippen LogP contribution in [-0.4, -0.2) is 4.57 Å². The van der Waals surface area contributed by atoms with Crippen LogP contribution in [0.2, 0.25) is 0 Å². The van der Waals surface area contributed by atoms with E-state index in [-0.39, 0.29) is 0 Å². The number of benzene rings is 11. The van der Waals surface area contributed by atoms with Gasteiger partial charge in [0.2, 0.25) is 0 Å². The topological polar surface area (TPSA) is 21.3 Å². The smallest absolute Gasteiger partial charge is 0.143 e. The number of furan rings is 1. The predicted molar refractivity (Wildman–Crippen MR) is 282 cm³/mol. The molecule has 13 aromatic rings. The van der Waals surface area contributed by atoms with Gasteiger partial charge in [0.05, 0.1) is 11.0 Å². The van der Waals surface area contributed by atoms with Gasteiger partial charge in [-0.2, -0.15) is 0 Å². The van der Waals surface area contributed by atoms with E-state index in [2.05, 4.69) is 264 Å². The van der Waals surface area contributed by atoms with Crippen LogP contribution in [0.5, 0.6) is 0 Å². The summed E-state index contributed by atoms with van der Waals surface area (Å²) < 4.78 is 9.21. The minimum Gasteiger partial charge on any atom is -0.455 e. The summed E-state index contributed by atoms with van der Waals surface area (Å²) >= 11 is 0. The lowest BCUT2D eigenvalue weighted by Gasteiger charge is -2.26. The number of hydrogen-bond acceptors (Lipinski definition) is 2. The molecule has 0 N–H and O–H groups in total. The van der Waals surface area contributed by atoms with Gasteiger partial charge in [-0.3, -0.25) is 0 Å². The second-order valence-corrected chi connectivity index (χ2v) is 17.3. The van der Waals surface area contributed by atoms with Gasteiger partial charge >= 0.3 is 0 Å². The van der Waals surface area contributed by atoms with Gasteiger partial charge < -0.3 is 13.9 Å². The minimum atomic E-state index is 0.895. The summed E-state index contributed by atoms with van der Waals surface area (Å²) in [5.41, 5.74) is 17.6. The number of nitrogens with zero attached hydrogens (tertiary/aromatic N) is 2. The molecule has 0 saturated carbocycles. The van der Waals surface area contributed by atoms with Crippen molar-refractivity contribution >= 4 is 71.6 Å². The summed E-state index contributed by atoms with van der Waals surface area (Å²) in [6.07, 6.45) is 0. The molecule has 3 heteroatoms. The maximum atomic E-state index is 6.82. The number of fused-ring (bicyclic) bond motifs is 7. The van der Waals surface area contributed by atoms with Gasteiger partial charge in [0.25, 0.3) is 0 Å². The highest BCUT2D eigenvalue weighted by molar-refractivity contribution is 6.13. The first-order valence-corrected chi connectivity index (χ1v) is 22.9. The average molecular weight is 855 g/mol. The van der Waals surface area contributed by atoms with Crippen molar-refractivity contribution in [2.45, 2.75) is 0 Å². The van der Waals surface area contributed by atoms with E-state index in [1.165, 1.54) is 38.1 Å². The standard InChI is InChI=1S/C64H42N2O/c1-2-15-45(16-3-1)55-24-12-26-59-60-27-13-25-56(64(60)67-63(55)59)46-34-38-52(39-35-46)65(53-20-11-19-49(42-53)50-31-30-43-14-4-5-17-47(43)40-50)51-36-32-44(33-37-51)48-18-10-21-54(41-48)66-61-28-8-6-22-57(61)58-23-7-9-29-62(58)66/h1-42H. The molecule has 0 atom stereocenters. The van der Waals surface area contributed by atoms with Crippen LogP contribution in [0.3, 0.4) is 0 Å². The van der Waals surface area contributed by atoms with E-state index >= 15 is 0 Å². The molecule has 0 bridgehead atoms. The van der Waals surface area contributed by atoms with Crippen LogP contribution in [0.4, 0.5) is 17.1 Å². The van der Waals surface area contributed by atoms with Gasteiger partial charge in [-0.25, -0.2) is 0 Å². The Balaban J connectivity index is 0.899. The molecule has 0 aliphatic carbocycles. The summed E-state index contributed by atoms with van der Waals surface area (Å²) in [6.45, 7) is 0. The fourth-order valence-electron chi connectivity index (χ4n) is 10.2. The van der Waals surface area contributed by atoms with E-state index < -0.39 is 0 Å². The Morgan fingerprint density at radius 2 is 0.761 bits per heavy atom. The molecule has 0 fully saturated rings. The third-order valence-corrected chi connectivity index (χ3v) is 13.4. The molecule has 0 amide bonds. The first-order valence-electron chi connectivity index (χ1n) is 22.9. The molecule has 67 heavy (non-hydrogen) atoms. The number of hydrogen-bond donors (Lipinski definition) is 0. The molecule has 11 aromatic carbocycles. The molecule has 0 aliphatic rings. The molecule has 0 radical (unpaired) electrons. The summed E-state index contributed by atoms with van der Waals surface area (Å²) in [6, 6.07) is 91.8. The van der Waals surface area contributed by atoms with Crippen molar-refractivity contribution in [3.8, 4) is 50.2 Å². The molecule has 0 saturated heterocycles. The molecule has 0 aliphatic heterocycles. The second-order valence-electron chi connectivity index (χ2n) is 17.3. The first kappa shape index (κ1) is 38.5. The van der Waals surface area contributed by atoms with Crippen molar-refractivity contribution in [1.82, 2.24) is 4.57 Å². The van der Waals surface area contributed by atoms with Crippen molar-refractivity contribution in [3.63, 3.8) is 0 Å².